The predicted molar refractivity (Wildman–Crippen MR) is 45.7 cm³/mol. The molecule has 3 heteroatoms. The van der Waals surface area contributed by atoms with Gasteiger partial charge in [-0.3, -0.25) is 0 Å². The Labute approximate surface area is 72.9 Å². The quantitative estimate of drug-likeness (QED) is 0.600. The van der Waals surface area contributed by atoms with Crippen LogP contribution in [0.5, 0.6) is 0 Å². The second-order valence-corrected chi connectivity index (χ2v) is 4.63. The summed E-state index contributed by atoms with van der Waals surface area (Å²) < 4.78 is 5.63. The number of ether oxygens (including phenoxy) is 1. The fourth-order valence-corrected chi connectivity index (χ4v) is 2.39. The van der Waals surface area contributed by atoms with Gasteiger partial charge in [0.1, 0.15) is 0 Å². The molecule has 3 atom stereocenters. The number of hydrogen-bond acceptors (Lipinski definition) is 3. The van der Waals surface area contributed by atoms with E-state index in [1.54, 1.807) is 13.8 Å². The maximum atomic E-state index is 9.89. The molecule has 2 bridgehead atoms. The zero-order chi connectivity index (χ0) is 8.98. The Morgan fingerprint density at radius 1 is 1.50 bits per heavy atom. The fraction of sp³-hybridized carbons (Fsp3) is 1.00. The van der Waals surface area contributed by atoms with Gasteiger partial charge >= 0.3 is 0 Å². The summed E-state index contributed by atoms with van der Waals surface area (Å²) in [6.07, 6.45) is 3.29. The van der Waals surface area contributed by atoms with E-state index in [-0.39, 0.29) is 6.10 Å². The van der Waals surface area contributed by atoms with Gasteiger partial charge in [0, 0.05) is 0 Å². The molecular weight excluding hydrogens is 154 g/mol. The zero-order valence-corrected chi connectivity index (χ0v) is 7.71. The molecule has 2 aliphatic heterocycles. The molecule has 0 saturated carbocycles. The van der Waals surface area contributed by atoms with Crippen molar-refractivity contribution in [3.8, 4) is 0 Å². The maximum Gasteiger partial charge on any atom is 0.0796 e. The summed E-state index contributed by atoms with van der Waals surface area (Å²) in [5, 5.41) is 9.89. The SMILES string of the molecule is CC(C)(O)C1(N)CC2CCC1O2. The minimum Gasteiger partial charge on any atom is -0.388 e. The Morgan fingerprint density at radius 3 is 2.42 bits per heavy atom. The van der Waals surface area contributed by atoms with Crippen molar-refractivity contribution in [2.24, 2.45) is 5.73 Å². The van der Waals surface area contributed by atoms with Gasteiger partial charge in [0.2, 0.25) is 0 Å². The van der Waals surface area contributed by atoms with Gasteiger partial charge in [0.25, 0.3) is 0 Å². The molecular formula is C9H17NO2. The zero-order valence-electron chi connectivity index (χ0n) is 7.71. The smallest absolute Gasteiger partial charge is 0.0796 e. The third-order valence-electron chi connectivity index (χ3n) is 3.39. The highest BCUT2D eigenvalue weighted by Gasteiger charge is 2.57. The molecule has 3 unspecified atom stereocenters. The van der Waals surface area contributed by atoms with Crippen molar-refractivity contribution in [1.29, 1.82) is 0 Å². The third kappa shape index (κ3) is 0.934. The first-order chi connectivity index (χ1) is 5.43. The van der Waals surface area contributed by atoms with E-state index in [0.29, 0.717) is 6.10 Å². The summed E-state index contributed by atoms with van der Waals surface area (Å²) in [4.78, 5) is 0. The Morgan fingerprint density at radius 2 is 2.17 bits per heavy atom. The van der Waals surface area contributed by atoms with E-state index in [1.807, 2.05) is 0 Å². The van der Waals surface area contributed by atoms with Crippen molar-refractivity contribution in [3.63, 3.8) is 0 Å². The van der Waals surface area contributed by atoms with Gasteiger partial charge in [0.15, 0.2) is 0 Å². The molecule has 0 aromatic carbocycles. The number of aliphatic hydroxyl groups is 1. The van der Waals surface area contributed by atoms with Crippen molar-refractivity contribution in [3.05, 3.63) is 0 Å². The van der Waals surface area contributed by atoms with Crippen molar-refractivity contribution in [2.75, 3.05) is 0 Å². The number of hydrogen-bond donors (Lipinski definition) is 2. The van der Waals surface area contributed by atoms with Crippen LogP contribution in [0.2, 0.25) is 0 Å². The van der Waals surface area contributed by atoms with Crippen LogP contribution in [-0.2, 0) is 4.74 Å². The molecule has 0 radical (unpaired) electrons. The fourth-order valence-electron chi connectivity index (χ4n) is 2.39. The van der Waals surface area contributed by atoms with Crippen LogP contribution in [-0.4, -0.2) is 28.5 Å². The van der Waals surface area contributed by atoms with Gasteiger partial charge < -0.3 is 15.6 Å². The summed E-state index contributed by atoms with van der Waals surface area (Å²) in [5.41, 5.74) is 4.80. The lowest BCUT2D eigenvalue weighted by Gasteiger charge is -2.41. The molecule has 0 aromatic rings. The molecule has 3 N–H and O–H groups in total. The van der Waals surface area contributed by atoms with Gasteiger partial charge in [-0.25, -0.2) is 0 Å². The van der Waals surface area contributed by atoms with E-state index in [0.717, 1.165) is 19.3 Å². The average molecular weight is 171 g/mol. The second-order valence-electron chi connectivity index (χ2n) is 4.63. The first kappa shape index (κ1) is 8.48. The van der Waals surface area contributed by atoms with E-state index in [9.17, 15) is 5.11 Å². The Kier molecular flexibility index (Phi) is 1.57. The molecule has 2 fully saturated rings. The average Bonchev–Trinajstić information content (AvgIpc) is 2.43. The molecule has 2 rings (SSSR count). The van der Waals surface area contributed by atoms with Gasteiger partial charge in [0.05, 0.1) is 23.3 Å². The van der Waals surface area contributed by atoms with Crippen molar-refractivity contribution >= 4 is 0 Å². The van der Waals surface area contributed by atoms with Crippen LogP contribution in [0.15, 0.2) is 0 Å². The van der Waals surface area contributed by atoms with Gasteiger partial charge in [-0.2, -0.15) is 0 Å². The molecule has 2 saturated heterocycles. The lowest BCUT2D eigenvalue weighted by Crippen LogP contribution is -2.63. The minimum absolute atomic E-state index is 0.0718. The summed E-state index contributed by atoms with van der Waals surface area (Å²) in [7, 11) is 0. The molecule has 70 valence electrons. The van der Waals surface area contributed by atoms with Crippen molar-refractivity contribution in [1.82, 2.24) is 0 Å². The highest BCUT2D eigenvalue weighted by Crippen LogP contribution is 2.45. The lowest BCUT2D eigenvalue weighted by atomic mass is 9.72. The molecule has 0 spiro atoms. The van der Waals surface area contributed by atoms with Crippen LogP contribution in [0.1, 0.15) is 33.1 Å². The largest absolute Gasteiger partial charge is 0.388 e. The van der Waals surface area contributed by atoms with Crippen LogP contribution in [0.25, 0.3) is 0 Å². The number of fused-ring (bicyclic) bond motifs is 2. The van der Waals surface area contributed by atoms with Crippen molar-refractivity contribution in [2.45, 2.75) is 56.5 Å². The Hall–Kier alpha value is -0.120. The third-order valence-corrected chi connectivity index (χ3v) is 3.39. The standard InChI is InChI=1S/C9H17NO2/c1-8(2,11)9(10)5-6-3-4-7(9)12-6/h6-7,11H,3-5,10H2,1-2H3. The Balaban J connectivity index is 2.23. The number of rotatable bonds is 1. The van der Waals surface area contributed by atoms with E-state index >= 15 is 0 Å². The topological polar surface area (TPSA) is 55.5 Å². The Bertz CT molecular complexity index is 199. The molecule has 3 nitrogen and oxygen atoms in total. The van der Waals surface area contributed by atoms with Gasteiger partial charge in [-0.05, 0) is 33.1 Å². The molecule has 0 aliphatic carbocycles. The first-order valence-corrected chi connectivity index (χ1v) is 4.60. The monoisotopic (exact) mass is 171 g/mol. The summed E-state index contributed by atoms with van der Waals surface area (Å²) in [6.45, 7) is 3.55. The van der Waals surface area contributed by atoms with E-state index in [1.165, 1.54) is 0 Å². The van der Waals surface area contributed by atoms with Gasteiger partial charge in [-0.15, -0.1) is 0 Å². The molecule has 12 heavy (non-hydrogen) atoms. The highest BCUT2D eigenvalue weighted by molar-refractivity contribution is 5.12. The molecule has 0 amide bonds. The second kappa shape index (κ2) is 2.22. The van der Waals surface area contributed by atoms with Crippen LogP contribution in [0.3, 0.4) is 0 Å². The lowest BCUT2D eigenvalue weighted by molar-refractivity contribution is -0.0369. The molecule has 2 aliphatic rings. The van der Waals surface area contributed by atoms with E-state index in [2.05, 4.69) is 0 Å². The van der Waals surface area contributed by atoms with E-state index < -0.39 is 11.1 Å². The summed E-state index contributed by atoms with van der Waals surface area (Å²) >= 11 is 0. The van der Waals surface area contributed by atoms with Crippen LogP contribution >= 0.6 is 0 Å². The molecule has 2 heterocycles. The summed E-state index contributed by atoms with van der Waals surface area (Å²) in [6, 6.07) is 0. The predicted octanol–water partition coefficient (Wildman–Crippen LogP) is 0.406. The van der Waals surface area contributed by atoms with Crippen LogP contribution in [0.4, 0.5) is 0 Å². The van der Waals surface area contributed by atoms with Crippen molar-refractivity contribution < 1.29 is 9.84 Å². The molecule has 0 aromatic heterocycles. The first-order valence-electron chi connectivity index (χ1n) is 4.60. The maximum absolute atomic E-state index is 9.89. The normalized spacial score (nSPS) is 47.0. The number of nitrogens with two attached hydrogens (primary N) is 1. The van der Waals surface area contributed by atoms with Crippen LogP contribution in [0, 0.1) is 0 Å². The van der Waals surface area contributed by atoms with E-state index in [4.69, 9.17) is 10.5 Å². The van der Waals surface area contributed by atoms with Crippen LogP contribution < -0.4 is 5.73 Å². The van der Waals surface area contributed by atoms with Gasteiger partial charge in [-0.1, -0.05) is 0 Å². The summed E-state index contributed by atoms with van der Waals surface area (Å²) in [5.74, 6) is 0. The highest BCUT2D eigenvalue weighted by atomic mass is 16.5. The minimum atomic E-state index is -0.827.